The van der Waals surface area contributed by atoms with Gasteiger partial charge < -0.3 is 10.2 Å². The molecule has 2 nitrogen and oxygen atoms in total. The van der Waals surface area contributed by atoms with Crippen LogP contribution in [-0.4, -0.2) is 22.4 Å². The Morgan fingerprint density at radius 2 is 1.18 bits per heavy atom. The van der Waals surface area contributed by atoms with Crippen LogP contribution in [0.4, 0.5) is 0 Å². The third kappa shape index (κ3) is 3.21. The fraction of sp³-hybridized carbons (Fsp3) is 1.00. The summed E-state index contributed by atoms with van der Waals surface area (Å²) in [5.41, 5.74) is 0. The minimum atomic E-state index is -0.338. The van der Waals surface area contributed by atoms with Gasteiger partial charge in [-0.25, -0.2) is 0 Å². The van der Waals surface area contributed by atoms with Crippen LogP contribution in [0.2, 0.25) is 0 Å². The highest BCUT2D eigenvalue weighted by Crippen LogP contribution is 2.18. The van der Waals surface area contributed by atoms with E-state index in [0.717, 1.165) is 19.3 Å². The lowest BCUT2D eigenvalue weighted by Gasteiger charge is -2.24. The molecule has 0 aliphatic heterocycles. The van der Waals surface area contributed by atoms with Crippen molar-refractivity contribution in [2.75, 3.05) is 0 Å². The first kappa shape index (κ1) is 10.9. The van der Waals surface area contributed by atoms with Gasteiger partial charge in [0.2, 0.25) is 0 Å². The van der Waals surface area contributed by atoms with Crippen LogP contribution in [0.25, 0.3) is 0 Å². The quantitative estimate of drug-likeness (QED) is 0.640. The van der Waals surface area contributed by atoms with Crippen LogP contribution in [0, 0.1) is 5.92 Å². The second kappa shape index (κ2) is 5.56. The summed E-state index contributed by atoms with van der Waals surface area (Å²) in [6.45, 7) is 5.88. The molecule has 0 spiro atoms. The predicted octanol–water partition coefficient (Wildman–Crippen LogP) is 1.55. The van der Waals surface area contributed by atoms with Crippen molar-refractivity contribution < 1.29 is 10.2 Å². The molecule has 0 saturated heterocycles. The number of aliphatic hydroxyl groups is 2. The third-order valence-corrected chi connectivity index (χ3v) is 2.30. The molecule has 2 heteroatoms. The average molecular weight is 160 g/mol. The molecule has 0 fully saturated rings. The summed E-state index contributed by atoms with van der Waals surface area (Å²) in [5.74, 6) is 0.0602. The minimum absolute atomic E-state index is 0.0602. The number of hydrogen-bond donors (Lipinski definition) is 2. The fourth-order valence-corrected chi connectivity index (χ4v) is 1.41. The van der Waals surface area contributed by atoms with Crippen LogP contribution in [0.5, 0.6) is 0 Å². The zero-order valence-corrected chi connectivity index (χ0v) is 7.75. The maximum atomic E-state index is 9.46. The second-order valence-corrected chi connectivity index (χ2v) is 3.02. The van der Waals surface area contributed by atoms with Gasteiger partial charge in [0, 0.05) is 5.92 Å². The summed E-state index contributed by atoms with van der Waals surface area (Å²) >= 11 is 0. The Morgan fingerprint density at radius 3 is 1.36 bits per heavy atom. The van der Waals surface area contributed by atoms with E-state index in [1.165, 1.54) is 0 Å². The van der Waals surface area contributed by atoms with Crippen LogP contribution in [0.3, 0.4) is 0 Å². The molecule has 0 heterocycles. The molecule has 0 amide bonds. The lowest BCUT2D eigenvalue weighted by Crippen LogP contribution is -2.30. The van der Waals surface area contributed by atoms with Gasteiger partial charge in [-0.3, -0.25) is 0 Å². The van der Waals surface area contributed by atoms with Crippen molar-refractivity contribution in [3.63, 3.8) is 0 Å². The lowest BCUT2D eigenvalue weighted by atomic mass is 9.90. The highest BCUT2D eigenvalue weighted by molar-refractivity contribution is 4.72. The Balaban J connectivity index is 3.92. The summed E-state index contributed by atoms with van der Waals surface area (Å²) in [4.78, 5) is 0. The molecule has 0 rings (SSSR count). The Kier molecular flexibility index (Phi) is 5.51. The molecule has 0 aromatic carbocycles. The van der Waals surface area contributed by atoms with Crippen LogP contribution in [0.1, 0.15) is 40.0 Å². The first-order valence-electron chi connectivity index (χ1n) is 4.53. The summed E-state index contributed by atoms with van der Waals surface area (Å²) in [5, 5.41) is 18.9. The normalized spacial score (nSPS) is 19.4. The largest absolute Gasteiger partial charge is 0.393 e. The monoisotopic (exact) mass is 160 g/mol. The van der Waals surface area contributed by atoms with Gasteiger partial charge in [-0.2, -0.15) is 0 Å². The molecule has 68 valence electrons. The van der Waals surface area contributed by atoms with Gasteiger partial charge in [-0.1, -0.05) is 20.8 Å². The zero-order valence-electron chi connectivity index (χ0n) is 7.75. The molecule has 0 bridgehead atoms. The lowest BCUT2D eigenvalue weighted by molar-refractivity contribution is 0.00715. The highest BCUT2D eigenvalue weighted by Gasteiger charge is 2.22. The van der Waals surface area contributed by atoms with Crippen LogP contribution in [0.15, 0.2) is 0 Å². The van der Waals surface area contributed by atoms with Gasteiger partial charge in [0.1, 0.15) is 0 Å². The van der Waals surface area contributed by atoms with E-state index in [1.54, 1.807) is 0 Å². The van der Waals surface area contributed by atoms with E-state index in [4.69, 9.17) is 0 Å². The van der Waals surface area contributed by atoms with Crippen LogP contribution < -0.4 is 0 Å². The van der Waals surface area contributed by atoms with E-state index in [2.05, 4.69) is 0 Å². The smallest absolute Gasteiger partial charge is 0.0590 e. The van der Waals surface area contributed by atoms with Gasteiger partial charge in [-0.15, -0.1) is 0 Å². The third-order valence-electron chi connectivity index (χ3n) is 2.30. The molecule has 0 aliphatic carbocycles. The SMILES string of the molecule is CCC(O)C(CC)C(O)CC. The highest BCUT2D eigenvalue weighted by atomic mass is 16.3. The van der Waals surface area contributed by atoms with Gasteiger partial charge in [-0.05, 0) is 19.3 Å². The molecule has 11 heavy (non-hydrogen) atoms. The first-order chi connectivity index (χ1) is 5.17. The van der Waals surface area contributed by atoms with Gasteiger partial charge >= 0.3 is 0 Å². The molecule has 0 aromatic heterocycles. The van der Waals surface area contributed by atoms with Crippen molar-refractivity contribution in [1.82, 2.24) is 0 Å². The van der Waals surface area contributed by atoms with E-state index >= 15 is 0 Å². The standard InChI is InChI=1S/C9H20O2/c1-4-7(8(10)5-2)9(11)6-3/h7-11H,4-6H2,1-3H3. The van der Waals surface area contributed by atoms with Gasteiger partial charge in [0.25, 0.3) is 0 Å². The molecular formula is C9H20O2. The Labute approximate surface area is 69.2 Å². The molecule has 0 aromatic rings. The molecule has 0 radical (unpaired) electrons. The number of hydrogen-bond acceptors (Lipinski definition) is 2. The number of aliphatic hydroxyl groups excluding tert-OH is 2. The molecule has 0 saturated carbocycles. The Bertz CT molecular complexity index is 83.6. The predicted molar refractivity (Wildman–Crippen MR) is 46.4 cm³/mol. The van der Waals surface area contributed by atoms with Crippen molar-refractivity contribution >= 4 is 0 Å². The first-order valence-corrected chi connectivity index (χ1v) is 4.53. The summed E-state index contributed by atoms with van der Waals surface area (Å²) < 4.78 is 0. The minimum Gasteiger partial charge on any atom is -0.393 e. The van der Waals surface area contributed by atoms with E-state index in [0.29, 0.717) is 0 Å². The van der Waals surface area contributed by atoms with Crippen molar-refractivity contribution in [3.05, 3.63) is 0 Å². The Hall–Kier alpha value is -0.0800. The van der Waals surface area contributed by atoms with Crippen molar-refractivity contribution in [2.24, 2.45) is 5.92 Å². The van der Waals surface area contributed by atoms with Crippen molar-refractivity contribution in [2.45, 2.75) is 52.2 Å². The molecule has 2 unspecified atom stereocenters. The average Bonchev–Trinajstić information content (AvgIpc) is 2.05. The van der Waals surface area contributed by atoms with Gasteiger partial charge in [0.15, 0.2) is 0 Å². The maximum Gasteiger partial charge on any atom is 0.0590 e. The van der Waals surface area contributed by atoms with Crippen LogP contribution in [-0.2, 0) is 0 Å². The van der Waals surface area contributed by atoms with E-state index in [-0.39, 0.29) is 18.1 Å². The summed E-state index contributed by atoms with van der Waals surface area (Å²) in [6, 6.07) is 0. The van der Waals surface area contributed by atoms with E-state index in [9.17, 15) is 10.2 Å². The second-order valence-electron chi connectivity index (χ2n) is 3.02. The van der Waals surface area contributed by atoms with E-state index in [1.807, 2.05) is 20.8 Å². The fourth-order valence-electron chi connectivity index (χ4n) is 1.41. The number of rotatable bonds is 5. The Morgan fingerprint density at radius 1 is 0.818 bits per heavy atom. The van der Waals surface area contributed by atoms with Crippen molar-refractivity contribution in [3.8, 4) is 0 Å². The van der Waals surface area contributed by atoms with E-state index < -0.39 is 0 Å². The maximum absolute atomic E-state index is 9.46. The molecule has 2 atom stereocenters. The molecule has 0 aliphatic rings. The molecule has 2 N–H and O–H groups in total. The van der Waals surface area contributed by atoms with Gasteiger partial charge in [0.05, 0.1) is 12.2 Å². The van der Waals surface area contributed by atoms with Crippen molar-refractivity contribution in [1.29, 1.82) is 0 Å². The summed E-state index contributed by atoms with van der Waals surface area (Å²) in [6.07, 6.45) is 1.64. The topological polar surface area (TPSA) is 40.5 Å². The van der Waals surface area contributed by atoms with Crippen LogP contribution >= 0.6 is 0 Å². The zero-order chi connectivity index (χ0) is 8.85. The molecular weight excluding hydrogens is 140 g/mol. The summed E-state index contributed by atoms with van der Waals surface area (Å²) in [7, 11) is 0.